The molecule has 12 heteroatoms. The van der Waals surface area contributed by atoms with E-state index in [0.717, 1.165) is 9.96 Å². The van der Waals surface area contributed by atoms with Gasteiger partial charge in [0.1, 0.15) is 11.6 Å². The molecule has 5 rings (SSSR count). The molecule has 0 fully saturated rings. The van der Waals surface area contributed by atoms with Gasteiger partial charge < -0.3 is 15.2 Å². The first-order chi connectivity index (χ1) is 17.7. The van der Waals surface area contributed by atoms with Gasteiger partial charge in [-0.2, -0.15) is 14.9 Å². The number of aromatic nitrogens is 4. The molecular weight excluding hydrogens is 519 g/mol. The maximum absolute atomic E-state index is 14.1. The van der Waals surface area contributed by atoms with E-state index in [-0.39, 0.29) is 46.1 Å². The minimum Gasteiger partial charge on any atom is -0.460 e. The van der Waals surface area contributed by atoms with Crippen molar-refractivity contribution in [3.63, 3.8) is 0 Å². The Kier molecular flexibility index (Phi) is 6.11. The summed E-state index contributed by atoms with van der Waals surface area (Å²) in [5, 5.41) is 14.8. The van der Waals surface area contributed by atoms with E-state index in [1.54, 1.807) is 31.2 Å². The number of rotatable bonds is 4. The topological polar surface area (TPSA) is 138 Å². The molecule has 0 bridgehead atoms. The number of esters is 1. The van der Waals surface area contributed by atoms with E-state index in [1.807, 2.05) is 25.1 Å². The van der Waals surface area contributed by atoms with Crippen molar-refractivity contribution in [1.82, 2.24) is 19.2 Å². The van der Waals surface area contributed by atoms with Crippen LogP contribution >= 0.6 is 23.2 Å². The number of hydrogen-bond acceptors (Lipinski definition) is 8. The van der Waals surface area contributed by atoms with Gasteiger partial charge in [0.25, 0.3) is 5.56 Å². The van der Waals surface area contributed by atoms with E-state index in [9.17, 15) is 14.9 Å². The molecule has 0 amide bonds. The van der Waals surface area contributed by atoms with Crippen LogP contribution in [-0.2, 0) is 4.74 Å². The molecule has 4 aromatic rings. The fourth-order valence-corrected chi connectivity index (χ4v) is 4.66. The zero-order valence-corrected chi connectivity index (χ0v) is 21.0. The predicted molar refractivity (Wildman–Crippen MR) is 135 cm³/mol. The Morgan fingerprint density at radius 2 is 1.97 bits per heavy atom. The van der Waals surface area contributed by atoms with E-state index in [4.69, 9.17) is 38.4 Å². The van der Waals surface area contributed by atoms with E-state index in [2.05, 4.69) is 10.1 Å². The highest BCUT2D eigenvalue weighted by molar-refractivity contribution is 6.35. The third-order valence-corrected chi connectivity index (χ3v) is 6.40. The van der Waals surface area contributed by atoms with E-state index >= 15 is 0 Å². The number of benzene rings is 2. The van der Waals surface area contributed by atoms with E-state index < -0.39 is 17.4 Å². The van der Waals surface area contributed by atoms with Gasteiger partial charge in [-0.05, 0) is 43.7 Å². The van der Waals surface area contributed by atoms with Gasteiger partial charge >= 0.3 is 5.97 Å². The molecule has 186 valence electrons. The molecule has 10 nitrogen and oxygen atoms in total. The number of aryl methyl sites for hydroxylation is 1. The summed E-state index contributed by atoms with van der Waals surface area (Å²) in [5.41, 5.74) is 7.24. The standard InChI is InChI=1S/C25H18Cl2N6O4/c1-3-36-24(35)21-31-33(14-7-4-12(2)5-8-14)25-30-22-19(23(34)32(21)25)18(16(11-28)20(29)37-22)15-9-6-13(26)10-17(15)27/h4-10,18H,3,29H2,1-2H3. The highest BCUT2D eigenvalue weighted by Crippen LogP contribution is 2.42. The molecule has 1 aliphatic rings. The predicted octanol–water partition coefficient (Wildman–Crippen LogP) is 3.89. The molecule has 37 heavy (non-hydrogen) atoms. The lowest BCUT2D eigenvalue weighted by atomic mass is 9.85. The van der Waals surface area contributed by atoms with Gasteiger partial charge in [0.15, 0.2) is 0 Å². The minimum atomic E-state index is -1.03. The van der Waals surface area contributed by atoms with Crippen LogP contribution < -0.4 is 16.0 Å². The summed E-state index contributed by atoms with van der Waals surface area (Å²) in [6.45, 7) is 3.62. The molecule has 0 radical (unpaired) electrons. The van der Waals surface area contributed by atoms with Crippen LogP contribution in [0.2, 0.25) is 10.0 Å². The Balaban J connectivity index is 1.87. The summed E-state index contributed by atoms with van der Waals surface area (Å²) < 4.78 is 13.2. The number of nitrogens with two attached hydrogens (primary N) is 1. The third-order valence-electron chi connectivity index (χ3n) is 5.84. The van der Waals surface area contributed by atoms with Gasteiger partial charge in [-0.1, -0.05) is 47.0 Å². The molecular formula is C25H18Cl2N6O4. The van der Waals surface area contributed by atoms with Crippen LogP contribution in [0.25, 0.3) is 11.5 Å². The molecule has 2 aromatic heterocycles. The Bertz CT molecular complexity index is 1720. The number of carbonyl (C=O) groups is 1. The second-order valence-electron chi connectivity index (χ2n) is 8.15. The number of nitrogens with zero attached hydrogens (tertiary/aromatic N) is 5. The normalized spacial score (nSPS) is 14.7. The largest absolute Gasteiger partial charge is 0.460 e. The van der Waals surface area contributed by atoms with Crippen molar-refractivity contribution in [3.8, 4) is 17.6 Å². The monoisotopic (exact) mass is 536 g/mol. The second-order valence-corrected chi connectivity index (χ2v) is 9.00. The Labute approximate surface area is 220 Å². The highest BCUT2D eigenvalue weighted by atomic mass is 35.5. The average molecular weight is 537 g/mol. The summed E-state index contributed by atoms with van der Waals surface area (Å²) in [4.78, 5) is 31.5. The summed E-state index contributed by atoms with van der Waals surface area (Å²) in [5.74, 6) is -2.52. The van der Waals surface area contributed by atoms with Crippen molar-refractivity contribution >= 4 is 34.9 Å². The number of carbonyl (C=O) groups excluding carboxylic acids is 1. The van der Waals surface area contributed by atoms with Crippen molar-refractivity contribution in [2.24, 2.45) is 5.73 Å². The lowest BCUT2D eigenvalue weighted by Gasteiger charge is -2.25. The van der Waals surface area contributed by atoms with Gasteiger partial charge in [0.2, 0.25) is 23.4 Å². The van der Waals surface area contributed by atoms with Crippen molar-refractivity contribution < 1.29 is 14.3 Å². The second kappa shape index (κ2) is 9.28. The quantitative estimate of drug-likeness (QED) is 0.387. The molecule has 0 spiro atoms. The minimum absolute atomic E-state index is 0.00943. The van der Waals surface area contributed by atoms with Crippen molar-refractivity contribution in [3.05, 3.63) is 96.8 Å². The summed E-state index contributed by atoms with van der Waals surface area (Å²) in [6.07, 6.45) is 0. The first-order valence-corrected chi connectivity index (χ1v) is 11.8. The first kappa shape index (κ1) is 24.4. The van der Waals surface area contributed by atoms with Crippen LogP contribution in [0.3, 0.4) is 0 Å². The van der Waals surface area contributed by atoms with E-state index in [0.29, 0.717) is 16.3 Å². The summed E-state index contributed by atoms with van der Waals surface area (Å²) in [6, 6.07) is 13.9. The number of allylic oxidation sites excluding steroid dienone is 1. The fraction of sp³-hybridized carbons (Fsp3) is 0.160. The van der Waals surface area contributed by atoms with Crippen LogP contribution in [0.5, 0.6) is 5.88 Å². The van der Waals surface area contributed by atoms with Crippen LogP contribution in [0.15, 0.2) is 58.7 Å². The van der Waals surface area contributed by atoms with E-state index in [1.165, 1.54) is 10.7 Å². The van der Waals surface area contributed by atoms with Gasteiger partial charge in [-0.15, -0.1) is 5.10 Å². The van der Waals surface area contributed by atoms with Gasteiger partial charge in [0, 0.05) is 10.0 Å². The molecule has 1 atom stereocenters. The van der Waals surface area contributed by atoms with Gasteiger partial charge in [-0.25, -0.2) is 9.20 Å². The summed E-state index contributed by atoms with van der Waals surface area (Å²) in [7, 11) is 0. The Hall–Kier alpha value is -4.33. The third kappa shape index (κ3) is 3.98. The fourth-order valence-electron chi connectivity index (χ4n) is 4.14. The lowest BCUT2D eigenvalue weighted by molar-refractivity contribution is 0.0509. The highest BCUT2D eigenvalue weighted by Gasteiger charge is 2.38. The maximum Gasteiger partial charge on any atom is 0.376 e. The maximum atomic E-state index is 14.1. The van der Waals surface area contributed by atoms with Crippen molar-refractivity contribution in [2.75, 3.05) is 6.61 Å². The SMILES string of the molecule is CCOC(=O)c1nn(-c2ccc(C)cc2)c2nc3c(c(=O)n12)C(c1ccc(Cl)cc1Cl)C(C#N)=C(N)O3. The number of halogens is 2. The van der Waals surface area contributed by atoms with Crippen LogP contribution in [-0.4, -0.2) is 31.7 Å². The molecule has 2 N–H and O–H groups in total. The molecule has 0 aliphatic carbocycles. The van der Waals surface area contributed by atoms with Crippen LogP contribution in [0, 0.1) is 18.3 Å². The smallest absolute Gasteiger partial charge is 0.376 e. The molecule has 0 saturated carbocycles. The number of nitriles is 1. The molecule has 0 saturated heterocycles. The molecule has 3 heterocycles. The average Bonchev–Trinajstić information content (AvgIpc) is 3.24. The number of fused-ring (bicyclic) bond motifs is 2. The first-order valence-electron chi connectivity index (χ1n) is 11.1. The molecule has 1 unspecified atom stereocenters. The van der Waals surface area contributed by atoms with Crippen LogP contribution in [0.1, 0.15) is 40.2 Å². The molecule has 1 aliphatic heterocycles. The van der Waals surface area contributed by atoms with Crippen molar-refractivity contribution in [2.45, 2.75) is 19.8 Å². The summed E-state index contributed by atoms with van der Waals surface area (Å²) >= 11 is 12.5. The molecule has 2 aromatic carbocycles. The lowest BCUT2D eigenvalue weighted by Crippen LogP contribution is -2.32. The number of hydrogen-bond donors (Lipinski definition) is 1. The zero-order chi connectivity index (χ0) is 26.4. The number of ether oxygens (including phenoxy) is 2. The Morgan fingerprint density at radius 3 is 2.62 bits per heavy atom. The van der Waals surface area contributed by atoms with Gasteiger partial charge in [0.05, 0.1) is 23.8 Å². The van der Waals surface area contributed by atoms with Crippen LogP contribution in [0.4, 0.5) is 0 Å². The Morgan fingerprint density at radius 1 is 1.24 bits per heavy atom. The van der Waals surface area contributed by atoms with Gasteiger partial charge in [-0.3, -0.25) is 4.79 Å². The zero-order valence-electron chi connectivity index (χ0n) is 19.5. The van der Waals surface area contributed by atoms with Crippen molar-refractivity contribution in [1.29, 1.82) is 5.26 Å².